The predicted octanol–water partition coefficient (Wildman–Crippen LogP) is 3.46. The number of alkyl halides is 1. The van der Waals surface area contributed by atoms with Gasteiger partial charge in [0.15, 0.2) is 6.30 Å². The van der Waals surface area contributed by atoms with Crippen molar-refractivity contribution in [2.24, 2.45) is 0 Å². The number of rotatable bonds is 3. The number of nitrogens with zero attached hydrogens (tertiary/aromatic N) is 4. The van der Waals surface area contributed by atoms with Crippen LogP contribution in [0.5, 0.6) is 0 Å². The summed E-state index contributed by atoms with van der Waals surface area (Å²) >= 11 is 0. The molecular formula is C20H30FN5O. The molecule has 2 saturated heterocycles. The highest BCUT2D eigenvalue weighted by atomic mass is 19.1. The zero-order chi connectivity index (χ0) is 18.6. The van der Waals surface area contributed by atoms with Crippen LogP contribution in [0.2, 0.25) is 0 Å². The van der Waals surface area contributed by atoms with Crippen LogP contribution in [0.3, 0.4) is 0 Å². The average molecular weight is 375 g/mol. The molecule has 1 aromatic rings. The van der Waals surface area contributed by atoms with Gasteiger partial charge in [0.25, 0.3) is 0 Å². The molecular weight excluding hydrogens is 345 g/mol. The number of hydrogen-bond donors (Lipinski definition) is 1. The molecule has 4 rings (SSSR count). The van der Waals surface area contributed by atoms with E-state index in [1.807, 2.05) is 6.07 Å². The van der Waals surface area contributed by atoms with Gasteiger partial charge >= 0.3 is 6.03 Å². The van der Waals surface area contributed by atoms with Crippen molar-refractivity contribution >= 4 is 17.5 Å². The maximum absolute atomic E-state index is 14.0. The number of carbonyl (C=O) groups excluding carboxylic acids is 1. The van der Waals surface area contributed by atoms with E-state index in [1.165, 1.54) is 30.6 Å². The SMILES string of the molecule is O=C(Nc1ccnc(N2CCN(C3CCCC3)CC2)c1)N1CCCCC1F. The summed E-state index contributed by atoms with van der Waals surface area (Å²) < 4.78 is 14.0. The van der Waals surface area contributed by atoms with E-state index in [1.54, 1.807) is 12.3 Å². The number of pyridine rings is 1. The topological polar surface area (TPSA) is 51.7 Å². The number of piperazine rings is 1. The lowest BCUT2D eigenvalue weighted by molar-refractivity contribution is 0.0811. The number of carbonyl (C=O) groups is 1. The molecule has 0 aromatic carbocycles. The summed E-state index contributed by atoms with van der Waals surface area (Å²) in [6.07, 6.45) is 8.09. The van der Waals surface area contributed by atoms with Crippen LogP contribution in [0.25, 0.3) is 0 Å². The number of amides is 2. The third-order valence-electron chi connectivity index (χ3n) is 6.17. The first-order valence-electron chi connectivity index (χ1n) is 10.4. The van der Waals surface area contributed by atoms with Gasteiger partial charge in [0.1, 0.15) is 5.82 Å². The summed E-state index contributed by atoms with van der Waals surface area (Å²) in [5.41, 5.74) is 0.681. The van der Waals surface area contributed by atoms with E-state index in [2.05, 4.69) is 20.1 Å². The highest BCUT2D eigenvalue weighted by Gasteiger charge is 2.28. The van der Waals surface area contributed by atoms with Crippen LogP contribution < -0.4 is 10.2 Å². The predicted molar refractivity (Wildman–Crippen MR) is 105 cm³/mol. The lowest BCUT2D eigenvalue weighted by Crippen LogP contribution is -2.50. The van der Waals surface area contributed by atoms with E-state index in [0.29, 0.717) is 18.7 Å². The molecule has 148 valence electrons. The summed E-state index contributed by atoms with van der Waals surface area (Å²) in [5.74, 6) is 0.884. The first kappa shape index (κ1) is 18.5. The molecule has 0 spiro atoms. The Morgan fingerprint density at radius 1 is 1.04 bits per heavy atom. The van der Waals surface area contributed by atoms with Gasteiger partial charge in [-0.2, -0.15) is 0 Å². The van der Waals surface area contributed by atoms with Gasteiger partial charge in [-0.1, -0.05) is 12.8 Å². The standard InChI is InChI=1S/C20H30FN5O/c21-18-7-3-4-10-26(18)20(27)23-16-8-9-22-19(15-16)25-13-11-24(12-14-25)17-5-1-2-6-17/h8-9,15,17-18H,1-7,10-14H2,(H,22,23,27). The zero-order valence-corrected chi connectivity index (χ0v) is 15.9. The summed E-state index contributed by atoms with van der Waals surface area (Å²) in [6.45, 7) is 4.54. The van der Waals surface area contributed by atoms with Gasteiger partial charge in [-0.25, -0.2) is 14.2 Å². The minimum absolute atomic E-state index is 0.356. The van der Waals surface area contributed by atoms with E-state index in [9.17, 15) is 9.18 Å². The molecule has 2 aliphatic heterocycles. The van der Waals surface area contributed by atoms with Gasteiger partial charge < -0.3 is 10.2 Å². The molecule has 1 unspecified atom stereocenters. The van der Waals surface area contributed by atoms with Crippen molar-refractivity contribution in [3.63, 3.8) is 0 Å². The van der Waals surface area contributed by atoms with Crippen molar-refractivity contribution in [3.8, 4) is 0 Å². The van der Waals surface area contributed by atoms with Crippen LogP contribution in [-0.2, 0) is 0 Å². The first-order chi connectivity index (χ1) is 13.2. The normalized spacial score (nSPS) is 25.0. The second kappa shape index (κ2) is 8.42. The Balaban J connectivity index is 1.34. The second-order valence-corrected chi connectivity index (χ2v) is 7.92. The smallest absolute Gasteiger partial charge is 0.324 e. The molecule has 2 amide bonds. The summed E-state index contributed by atoms with van der Waals surface area (Å²) in [4.78, 5) is 23.1. The Labute approximate surface area is 160 Å². The molecule has 27 heavy (non-hydrogen) atoms. The molecule has 1 N–H and O–H groups in total. The van der Waals surface area contributed by atoms with Crippen LogP contribution in [-0.4, -0.2) is 65.9 Å². The summed E-state index contributed by atoms with van der Waals surface area (Å²) in [5, 5.41) is 2.84. The molecule has 3 heterocycles. The molecule has 3 aliphatic rings. The zero-order valence-electron chi connectivity index (χ0n) is 15.9. The highest BCUT2D eigenvalue weighted by molar-refractivity contribution is 5.89. The Kier molecular flexibility index (Phi) is 5.76. The van der Waals surface area contributed by atoms with Gasteiger partial charge in [-0.15, -0.1) is 0 Å². The fourth-order valence-electron chi connectivity index (χ4n) is 4.57. The van der Waals surface area contributed by atoms with E-state index in [0.717, 1.165) is 50.9 Å². The van der Waals surface area contributed by atoms with Gasteiger partial charge in [-0.05, 0) is 38.2 Å². The van der Waals surface area contributed by atoms with Gasteiger partial charge in [0.05, 0.1) is 0 Å². The minimum Gasteiger partial charge on any atom is -0.354 e. The van der Waals surface area contributed by atoms with Crippen LogP contribution in [0, 0.1) is 0 Å². The Morgan fingerprint density at radius 3 is 2.52 bits per heavy atom. The summed E-state index contributed by atoms with van der Waals surface area (Å²) in [7, 11) is 0. The van der Waals surface area contributed by atoms with Crippen LogP contribution in [0.1, 0.15) is 44.9 Å². The Hall–Kier alpha value is -1.89. The molecule has 6 nitrogen and oxygen atoms in total. The monoisotopic (exact) mass is 375 g/mol. The third-order valence-corrected chi connectivity index (χ3v) is 6.17. The lowest BCUT2D eigenvalue weighted by Gasteiger charge is -2.38. The quantitative estimate of drug-likeness (QED) is 0.822. The van der Waals surface area contributed by atoms with Crippen LogP contribution >= 0.6 is 0 Å². The molecule has 1 atom stereocenters. The van der Waals surface area contributed by atoms with Crippen molar-refractivity contribution in [1.29, 1.82) is 0 Å². The van der Waals surface area contributed by atoms with Crippen LogP contribution in [0.15, 0.2) is 18.3 Å². The van der Waals surface area contributed by atoms with Gasteiger partial charge in [0.2, 0.25) is 0 Å². The van der Waals surface area contributed by atoms with Crippen molar-refractivity contribution < 1.29 is 9.18 Å². The van der Waals surface area contributed by atoms with Crippen molar-refractivity contribution in [2.45, 2.75) is 57.3 Å². The number of nitrogens with one attached hydrogen (secondary N) is 1. The van der Waals surface area contributed by atoms with Crippen molar-refractivity contribution in [2.75, 3.05) is 42.9 Å². The van der Waals surface area contributed by atoms with Crippen molar-refractivity contribution in [1.82, 2.24) is 14.8 Å². The second-order valence-electron chi connectivity index (χ2n) is 7.92. The van der Waals surface area contributed by atoms with Crippen LogP contribution in [0.4, 0.5) is 20.7 Å². The number of halogens is 1. The van der Waals surface area contributed by atoms with Gasteiger partial charge in [-0.3, -0.25) is 9.80 Å². The number of urea groups is 1. The number of likely N-dealkylation sites (tertiary alicyclic amines) is 1. The Morgan fingerprint density at radius 2 is 1.78 bits per heavy atom. The Bertz CT molecular complexity index is 643. The fourth-order valence-corrected chi connectivity index (χ4v) is 4.57. The number of hydrogen-bond acceptors (Lipinski definition) is 4. The van der Waals surface area contributed by atoms with Gasteiger partial charge in [0, 0.05) is 56.7 Å². The number of anilines is 2. The fraction of sp³-hybridized carbons (Fsp3) is 0.700. The molecule has 1 aromatic heterocycles. The van der Waals surface area contributed by atoms with E-state index in [-0.39, 0.29) is 6.03 Å². The molecule has 1 saturated carbocycles. The molecule has 0 bridgehead atoms. The van der Waals surface area contributed by atoms with E-state index < -0.39 is 6.30 Å². The number of piperidine rings is 1. The van der Waals surface area contributed by atoms with Crippen molar-refractivity contribution in [3.05, 3.63) is 18.3 Å². The molecule has 3 fully saturated rings. The first-order valence-corrected chi connectivity index (χ1v) is 10.4. The number of aromatic nitrogens is 1. The third kappa shape index (κ3) is 4.34. The lowest BCUT2D eigenvalue weighted by atomic mass is 10.1. The van der Waals surface area contributed by atoms with E-state index in [4.69, 9.17) is 0 Å². The molecule has 1 aliphatic carbocycles. The molecule has 7 heteroatoms. The maximum Gasteiger partial charge on any atom is 0.324 e. The van der Waals surface area contributed by atoms with E-state index >= 15 is 0 Å². The highest BCUT2D eigenvalue weighted by Crippen LogP contribution is 2.26. The summed E-state index contributed by atoms with van der Waals surface area (Å²) in [6, 6.07) is 4.09. The molecule has 0 radical (unpaired) electrons. The minimum atomic E-state index is -1.18. The maximum atomic E-state index is 14.0. The average Bonchev–Trinajstić information content (AvgIpc) is 3.23. The largest absolute Gasteiger partial charge is 0.354 e.